The van der Waals surface area contributed by atoms with Gasteiger partial charge in [-0.3, -0.25) is 38.3 Å². The number of halogens is 6. The number of carbonyl (C=O) groups is 4. The van der Waals surface area contributed by atoms with Gasteiger partial charge in [0.05, 0.1) is 42.9 Å². The van der Waals surface area contributed by atoms with E-state index < -0.39 is 65.7 Å². The van der Waals surface area contributed by atoms with Crippen LogP contribution in [0.25, 0.3) is 21.8 Å². The van der Waals surface area contributed by atoms with Crippen LogP contribution in [0, 0.1) is 11.6 Å². The standard InChI is InChI=1S/C25H22F3N5O4S2.C24H22FN5O4S2.C23H23ClFN5O4S.4H2/c26-25(27,28)20-3-1-2-19-21(8-11-29-23(19)20)37-14-22(34)33-12-9-17(10-13-33)16-4-6-18(7-5-16)39(35,36)32-24-30-15-31-38-24;1-15(30-12-10-19-20(25)3-2-4-21(19)30)23(32)29-11-9-18(22(31)13-29)16-5-7-17(8-6-16)36(33,34)28-24-26-14-27-35-24;1-16(34-18-4-7-21(25)20(24)14-18)23(31)30-12-10-29(11-13-30)17-2-5-19(6-3-17)35(32,33)28-22-8-9-26-15-27-22;;;;/h1-8,11,15,17H,9-10,12-14H2,(H,30,31,32);2-8,10,12,14-15,18H,9,11,13H2,1H3,(H,26,27,28);2-9,14-16H,10-13H2,1H3,(H,26,27,28);4*1H/t;15-,18?;;;;;/m.1...../s1. The molecule has 38 heteroatoms. The third kappa shape index (κ3) is 18.9. The number of hydrogen-bond donors (Lipinski definition) is 3. The van der Waals surface area contributed by atoms with E-state index in [1.54, 1.807) is 89.0 Å². The molecule has 110 heavy (non-hydrogen) atoms. The number of pyridine rings is 1. The van der Waals surface area contributed by atoms with Gasteiger partial charge in [-0.05, 0) is 153 Å². The zero-order valence-electron chi connectivity index (χ0n) is 58.2. The monoisotopic (exact) mass is 1630 g/mol. The summed E-state index contributed by atoms with van der Waals surface area (Å²) in [4.78, 5) is 78.1. The van der Waals surface area contributed by atoms with Crippen LogP contribution in [-0.2, 0) is 55.4 Å². The van der Waals surface area contributed by atoms with Crippen LogP contribution in [0.1, 0.15) is 73.4 Å². The molecule has 5 aromatic heterocycles. The van der Waals surface area contributed by atoms with Gasteiger partial charge in [0.25, 0.3) is 41.9 Å². The average Bonchev–Trinajstić information content (AvgIpc) is 1.76. The van der Waals surface area contributed by atoms with E-state index in [1.165, 1.54) is 121 Å². The quantitative estimate of drug-likeness (QED) is 0.0597. The van der Waals surface area contributed by atoms with E-state index in [0.717, 1.165) is 40.4 Å². The molecule has 2 unspecified atom stereocenters. The van der Waals surface area contributed by atoms with Crippen LogP contribution in [0.5, 0.6) is 11.5 Å². The third-order valence-corrected chi connectivity index (χ3v) is 24.1. The number of sulfonamides is 3. The smallest absolute Gasteiger partial charge is 0.418 e. The van der Waals surface area contributed by atoms with Gasteiger partial charge in [-0.1, -0.05) is 48.0 Å². The first-order valence-electron chi connectivity index (χ1n) is 33.8. The Morgan fingerprint density at radius 3 is 1.82 bits per heavy atom. The first-order valence-corrected chi connectivity index (χ1v) is 40.2. The number of rotatable bonds is 20. The Morgan fingerprint density at radius 1 is 0.618 bits per heavy atom. The number of carbonyl (C=O) groups excluding carboxylic acids is 4. The summed E-state index contributed by atoms with van der Waals surface area (Å²) in [6.45, 7) is 6.46. The number of piperidine rings is 2. The van der Waals surface area contributed by atoms with E-state index in [4.69, 9.17) is 21.1 Å². The van der Waals surface area contributed by atoms with E-state index in [-0.39, 0.29) is 107 Å². The number of piperazine rings is 1. The number of hydrogen-bond acceptors (Lipinski definition) is 22. The van der Waals surface area contributed by atoms with Crippen molar-refractivity contribution in [1.29, 1.82) is 0 Å². The van der Waals surface area contributed by atoms with Crippen molar-refractivity contribution in [2.75, 3.05) is 78.0 Å². The predicted octanol–water partition coefficient (Wildman–Crippen LogP) is 12.4. The number of ketones is 1. The number of aromatic nitrogens is 8. The second kappa shape index (κ2) is 34.0. The summed E-state index contributed by atoms with van der Waals surface area (Å²) in [5, 5.41) is 0.903. The maximum Gasteiger partial charge on any atom is 0.418 e. The topological polar surface area (TPSA) is 333 Å². The Bertz CT molecular complexity index is 5490. The van der Waals surface area contributed by atoms with E-state index >= 15 is 0 Å². The van der Waals surface area contributed by atoms with Gasteiger partial charge in [0.1, 0.15) is 54.0 Å². The summed E-state index contributed by atoms with van der Waals surface area (Å²) in [5.74, 6) is -1.31. The number of alkyl halides is 3. The maximum absolute atomic E-state index is 14.1. The number of likely N-dealkylation sites (tertiary alicyclic amines) is 2. The molecule has 8 heterocycles. The molecule has 6 aromatic carbocycles. The first kappa shape index (κ1) is 78.7. The highest BCUT2D eigenvalue weighted by molar-refractivity contribution is 7.93. The van der Waals surface area contributed by atoms with Gasteiger partial charge < -0.3 is 33.6 Å². The predicted molar refractivity (Wildman–Crippen MR) is 409 cm³/mol. The molecule has 11 aromatic rings. The lowest BCUT2D eigenvalue weighted by Gasteiger charge is -2.37. The molecular formula is C72H75ClF5N15O12S5. The summed E-state index contributed by atoms with van der Waals surface area (Å²) in [5.41, 5.74) is 2.04. The lowest BCUT2D eigenvalue weighted by atomic mass is 9.88. The fourth-order valence-electron chi connectivity index (χ4n) is 12.6. The van der Waals surface area contributed by atoms with Crippen LogP contribution >= 0.6 is 34.7 Å². The molecule has 3 atom stereocenters. The van der Waals surface area contributed by atoms with E-state index in [0.29, 0.717) is 87.3 Å². The van der Waals surface area contributed by atoms with Crippen LogP contribution in [0.4, 0.5) is 43.7 Å². The molecule has 3 amide bonds. The fraction of sp³-hybridized carbons (Fsp3) is 0.264. The minimum atomic E-state index is -4.56. The highest BCUT2D eigenvalue weighted by Gasteiger charge is 2.36. The molecule has 0 bridgehead atoms. The van der Waals surface area contributed by atoms with Crippen LogP contribution < -0.4 is 28.5 Å². The molecule has 0 spiro atoms. The molecule has 582 valence electrons. The molecule has 3 fully saturated rings. The van der Waals surface area contributed by atoms with Gasteiger partial charge in [-0.15, -0.1) is 0 Å². The van der Waals surface area contributed by atoms with Crippen molar-refractivity contribution >= 4 is 132 Å². The van der Waals surface area contributed by atoms with Crippen molar-refractivity contribution in [3.8, 4) is 11.5 Å². The van der Waals surface area contributed by atoms with Crippen molar-refractivity contribution in [3.05, 3.63) is 217 Å². The van der Waals surface area contributed by atoms with E-state index in [2.05, 4.69) is 52.7 Å². The molecule has 0 saturated carbocycles. The number of anilines is 4. The number of amides is 3. The SMILES string of the molecule is CC(Oc1ccc(F)c(Cl)c1)C(=O)N1CCN(c2ccc(S(=O)(=O)Nc3ccncn3)cc2)CC1.C[C@H](C(=O)N1CCC(c2ccc(S(=O)(=O)Nc3ncns3)cc2)C(=O)C1)n1ccc2c(F)cccc21.O=C(COc1ccnc2c(C(F)(F)F)cccc12)N1CCC(c2ccc(S(=O)(=O)Nc3ncns3)cc2)CC1.[HH].[HH].[HH].[HH]. The van der Waals surface area contributed by atoms with Crippen molar-refractivity contribution < 1.29 is 81.6 Å². The summed E-state index contributed by atoms with van der Waals surface area (Å²) >= 11 is 7.64. The normalized spacial score (nSPS) is 15.7. The van der Waals surface area contributed by atoms with Gasteiger partial charge in [0.15, 0.2) is 18.5 Å². The second-order valence-electron chi connectivity index (χ2n) is 25.3. The number of benzene rings is 6. The van der Waals surface area contributed by atoms with Gasteiger partial charge in [-0.25, -0.2) is 54.0 Å². The summed E-state index contributed by atoms with van der Waals surface area (Å²) < 4.78 is 170. The molecule has 27 nitrogen and oxygen atoms in total. The summed E-state index contributed by atoms with van der Waals surface area (Å²) in [7, 11) is -11.4. The number of nitrogens with zero attached hydrogens (tertiary/aromatic N) is 12. The van der Waals surface area contributed by atoms with Crippen LogP contribution in [0.3, 0.4) is 0 Å². The lowest BCUT2D eigenvalue weighted by Crippen LogP contribution is -2.52. The van der Waals surface area contributed by atoms with Gasteiger partial charge in [0.2, 0.25) is 16.2 Å². The molecule has 0 aliphatic carbocycles. The summed E-state index contributed by atoms with van der Waals surface area (Å²) in [6.07, 6.45) is 4.60. The Morgan fingerprint density at radius 2 is 1.23 bits per heavy atom. The third-order valence-electron chi connectivity index (χ3n) is 18.4. The van der Waals surface area contributed by atoms with Crippen LogP contribution in [-0.4, -0.2) is 167 Å². The second-order valence-corrected chi connectivity index (χ2v) is 32.3. The molecule has 3 aliphatic heterocycles. The average molecular weight is 1630 g/mol. The van der Waals surface area contributed by atoms with Gasteiger partial charge >= 0.3 is 6.18 Å². The largest absolute Gasteiger partial charge is 0.483 e. The molecule has 3 aliphatic rings. The van der Waals surface area contributed by atoms with E-state index in [1.807, 2.05) is 0 Å². The van der Waals surface area contributed by atoms with Crippen molar-refractivity contribution in [2.24, 2.45) is 0 Å². The number of para-hydroxylation sites is 1. The minimum Gasteiger partial charge on any atom is -0.483 e. The summed E-state index contributed by atoms with van der Waals surface area (Å²) in [6, 6.07) is 35.6. The minimum absolute atomic E-state index is 0. The molecule has 14 rings (SSSR count). The Balaban J connectivity index is 0.000000211. The Labute approximate surface area is 646 Å². The molecule has 3 N–H and O–H groups in total. The Kier molecular flexibility index (Phi) is 24.3. The molecular weight excluding hydrogens is 1560 g/mol. The van der Waals surface area contributed by atoms with Crippen molar-refractivity contribution in [2.45, 2.75) is 78.0 Å². The van der Waals surface area contributed by atoms with Crippen LogP contribution in [0.2, 0.25) is 5.02 Å². The number of fused-ring (bicyclic) bond motifs is 2. The zero-order valence-corrected chi connectivity index (χ0v) is 63.0. The first-order chi connectivity index (χ1) is 52.6. The van der Waals surface area contributed by atoms with Crippen LogP contribution in [0.15, 0.2) is 198 Å². The molecule has 3 saturated heterocycles. The Hall–Kier alpha value is -10.9. The van der Waals surface area contributed by atoms with E-state index in [9.17, 15) is 66.4 Å². The highest BCUT2D eigenvalue weighted by Crippen LogP contribution is 2.38. The lowest BCUT2D eigenvalue weighted by molar-refractivity contribution is -0.140. The van der Waals surface area contributed by atoms with Crippen molar-refractivity contribution in [1.82, 2.24) is 52.9 Å². The fourth-order valence-corrected chi connectivity index (χ4v) is 17.1. The van der Waals surface area contributed by atoms with Gasteiger partial charge in [0, 0.05) is 122 Å². The van der Waals surface area contributed by atoms with Crippen molar-refractivity contribution in [3.63, 3.8) is 0 Å². The number of ether oxygens (including phenoxy) is 2. The zero-order chi connectivity index (χ0) is 78.1. The van der Waals surface area contributed by atoms with Gasteiger partial charge in [-0.2, -0.15) is 21.9 Å². The number of nitrogens with one attached hydrogen (secondary N) is 3. The maximum atomic E-state index is 14.1. The molecule has 0 radical (unpaired) electrons. The number of Topliss-reactive ketones (excluding diaryl/α,β-unsaturated/α-hetero) is 1. The highest BCUT2D eigenvalue weighted by atomic mass is 35.5.